The van der Waals surface area contributed by atoms with Gasteiger partial charge >= 0.3 is 12.8 Å². The lowest BCUT2D eigenvalue weighted by Gasteiger charge is -2.17. The SMILES string of the molecule is CC(NS(=O)(=O)c1ccc(-c2c(C#N)c3cc(OC(F)F)cnc3n2C2=CC=C2)nc1)C(F)(F)F. The van der Waals surface area contributed by atoms with E-state index >= 15 is 0 Å². The Hall–Kier alpha value is -3.83. The number of aromatic nitrogens is 3. The molecule has 1 atom stereocenters. The topological polar surface area (TPSA) is 110 Å². The van der Waals surface area contributed by atoms with Gasteiger partial charge in [-0.15, -0.1) is 0 Å². The van der Waals surface area contributed by atoms with Crippen molar-refractivity contribution in [3.05, 3.63) is 54.4 Å². The molecule has 1 N–H and O–H groups in total. The lowest BCUT2D eigenvalue weighted by Crippen LogP contribution is -2.42. The predicted molar refractivity (Wildman–Crippen MR) is 114 cm³/mol. The van der Waals surface area contributed by atoms with E-state index in [0.29, 0.717) is 12.6 Å². The number of ether oxygens (including phenoxy) is 1. The molecule has 1 aliphatic carbocycles. The minimum absolute atomic E-state index is 0.000317. The van der Waals surface area contributed by atoms with Crippen LogP contribution in [0.25, 0.3) is 28.1 Å². The maximum Gasteiger partial charge on any atom is 0.404 e. The molecule has 182 valence electrons. The number of pyridine rings is 2. The summed E-state index contributed by atoms with van der Waals surface area (Å²) in [6.45, 7) is -2.45. The van der Waals surface area contributed by atoms with Gasteiger partial charge in [-0.3, -0.25) is 9.55 Å². The molecule has 0 bridgehead atoms. The van der Waals surface area contributed by atoms with E-state index in [1.807, 2.05) is 6.07 Å². The van der Waals surface area contributed by atoms with E-state index in [1.54, 1.807) is 18.2 Å². The molecule has 1 unspecified atom stereocenters. The van der Waals surface area contributed by atoms with Gasteiger partial charge in [-0.05, 0) is 37.3 Å². The maximum absolute atomic E-state index is 12.8. The molecular weight excluding hydrogens is 497 g/mol. The van der Waals surface area contributed by atoms with Crippen molar-refractivity contribution >= 4 is 26.8 Å². The molecule has 3 aromatic heterocycles. The van der Waals surface area contributed by atoms with Crippen molar-refractivity contribution in [2.75, 3.05) is 0 Å². The molecule has 0 amide bonds. The Morgan fingerprint density at radius 3 is 2.43 bits per heavy atom. The number of nitrogens with one attached hydrogen (secondary N) is 1. The summed E-state index contributed by atoms with van der Waals surface area (Å²) in [5.74, 6) is -0.273. The average Bonchev–Trinajstić information content (AvgIpc) is 3.04. The van der Waals surface area contributed by atoms with Crippen molar-refractivity contribution in [1.29, 1.82) is 5.26 Å². The highest BCUT2D eigenvalue weighted by atomic mass is 32.2. The fraction of sp³-hybridized carbons (Fsp3) is 0.190. The number of sulfonamides is 1. The van der Waals surface area contributed by atoms with Crippen LogP contribution in [0, 0.1) is 11.3 Å². The summed E-state index contributed by atoms with van der Waals surface area (Å²) in [6.07, 6.45) is 2.23. The van der Waals surface area contributed by atoms with E-state index in [1.165, 1.54) is 21.4 Å². The lowest BCUT2D eigenvalue weighted by atomic mass is 10.1. The van der Waals surface area contributed by atoms with E-state index in [4.69, 9.17) is 0 Å². The van der Waals surface area contributed by atoms with Crippen LogP contribution in [0.5, 0.6) is 5.75 Å². The van der Waals surface area contributed by atoms with Gasteiger partial charge in [-0.2, -0.15) is 31.9 Å². The molecule has 14 heteroatoms. The first kappa shape index (κ1) is 24.3. The molecule has 8 nitrogen and oxygen atoms in total. The number of nitrogens with zero attached hydrogens (tertiary/aromatic N) is 4. The predicted octanol–water partition coefficient (Wildman–Crippen LogP) is 4.21. The average molecular weight is 511 g/mol. The van der Waals surface area contributed by atoms with Crippen molar-refractivity contribution in [2.45, 2.75) is 30.6 Å². The summed E-state index contributed by atoms with van der Waals surface area (Å²) in [5, 5.41) is 10.0. The Morgan fingerprint density at radius 2 is 1.91 bits per heavy atom. The summed E-state index contributed by atoms with van der Waals surface area (Å²) >= 11 is 0. The van der Waals surface area contributed by atoms with Crippen LogP contribution in [0.3, 0.4) is 0 Å². The molecule has 3 aromatic rings. The van der Waals surface area contributed by atoms with Gasteiger partial charge in [-0.25, -0.2) is 13.4 Å². The number of rotatable bonds is 7. The first-order chi connectivity index (χ1) is 16.4. The van der Waals surface area contributed by atoms with Crippen LogP contribution in [-0.2, 0) is 10.0 Å². The normalized spacial score (nSPS) is 14.5. The van der Waals surface area contributed by atoms with Gasteiger partial charge in [0, 0.05) is 17.3 Å². The molecule has 0 saturated carbocycles. The van der Waals surface area contributed by atoms with E-state index in [-0.39, 0.29) is 33.7 Å². The standard InChI is InChI=1S/C21H14F5N5O3S/c1-11(21(24,25)26)30-35(32,33)14-5-6-17(28-10-14)18-16(8-27)15-7-13(34-20(22)23)9-29-19(15)31(18)12-3-2-4-12/h2-7,9-11,20,30H,1H3. The first-order valence-electron chi connectivity index (χ1n) is 9.76. The van der Waals surface area contributed by atoms with E-state index in [2.05, 4.69) is 14.7 Å². The molecule has 0 aliphatic heterocycles. The minimum Gasteiger partial charge on any atom is -0.433 e. The smallest absolute Gasteiger partial charge is 0.404 e. The van der Waals surface area contributed by atoms with Crippen molar-refractivity contribution in [3.63, 3.8) is 0 Å². The molecule has 35 heavy (non-hydrogen) atoms. The fourth-order valence-corrected chi connectivity index (χ4v) is 4.47. The molecule has 0 spiro atoms. The molecule has 4 rings (SSSR count). The highest BCUT2D eigenvalue weighted by Gasteiger charge is 2.39. The van der Waals surface area contributed by atoms with Crippen LogP contribution >= 0.6 is 0 Å². The van der Waals surface area contributed by atoms with Gasteiger partial charge in [0.1, 0.15) is 28.4 Å². The summed E-state index contributed by atoms with van der Waals surface area (Å²) in [5.41, 5.74) is 1.09. The number of hydrogen-bond donors (Lipinski definition) is 1. The van der Waals surface area contributed by atoms with Gasteiger partial charge in [0.05, 0.1) is 23.1 Å². The number of halogens is 5. The first-order valence-corrected chi connectivity index (χ1v) is 11.2. The van der Waals surface area contributed by atoms with Gasteiger partial charge in [-0.1, -0.05) is 6.08 Å². The number of fused-ring (bicyclic) bond motifs is 1. The van der Waals surface area contributed by atoms with Crippen LogP contribution < -0.4 is 9.46 Å². The fourth-order valence-electron chi connectivity index (χ4n) is 3.30. The Labute approximate surface area is 195 Å². The number of hydrogen-bond acceptors (Lipinski definition) is 6. The summed E-state index contributed by atoms with van der Waals surface area (Å²) < 4.78 is 95.8. The molecule has 0 saturated heterocycles. The Kier molecular flexibility index (Phi) is 6.07. The van der Waals surface area contributed by atoms with Crippen molar-refractivity contribution in [1.82, 2.24) is 19.3 Å². The third-order valence-corrected chi connectivity index (χ3v) is 6.55. The highest BCUT2D eigenvalue weighted by Crippen LogP contribution is 2.37. The molecular formula is C21H14F5N5O3S. The van der Waals surface area contributed by atoms with Gasteiger partial charge < -0.3 is 4.74 Å². The molecule has 0 aromatic carbocycles. The largest absolute Gasteiger partial charge is 0.433 e. The van der Waals surface area contributed by atoms with Gasteiger partial charge in [0.25, 0.3) is 0 Å². The molecule has 0 fully saturated rings. The molecule has 0 radical (unpaired) electrons. The molecule has 1 aliphatic rings. The van der Waals surface area contributed by atoms with Crippen LogP contribution in [-0.4, -0.2) is 41.8 Å². The zero-order valence-corrected chi connectivity index (χ0v) is 18.4. The maximum atomic E-state index is 12.8. The van der Waals surface area contributed by atoms with Crippen molar-refractivity contribution in [3.8, 4) is 23.2 Å². The second kappa shape index (κ2) is 8.75. The zero-order chi connectivity index (χ0) is 25.5. The van der Waals surface area contributed by atoms with Crippen LogP contribution in [0.1, 0.15) is 12.5 Å². The number of alkyl halides is 5. The van der Waals surface area contributed by atoms with Gasteiger partial charge in [0.15, 0.2) is 0 Å². The third-order valence-electron chi connectivity index (χ3n) is 5.02. The van der Waals surface area contributed by atoms with Crippen LogP contribution in [0.2, 0.25) is 0 Å². The van der Waals surface area contributed by atoms with Gasteiger partial charge in [0.2, 0.25) is 10.0 Å². The number of nitriles is 1. The summed E-state index contributed by atoms with van der Waals surface area (Å²) in [4.78, 5) is 7.68. The van der Waals surface area contributed by atoms with E-state index < -0.39 is 33.7 Å². The van der Waals surface area contributed by atoms with Crippen LogP contribution in [0.4, 0.5) is 22.0 Å². The highest BCUT2D eigenvalue weighted by molar-refractivity contribution is 7.89. The minimum atomic E-state index is -4.78. The summed E-state index contributed by atoms with van der Waals surface area (Å²) in [6, 6.07) is 3.13. The van der Waals surface area contributed by atoms with Crippen molar-refractivity contribution < 1.29 is 35.1 Å². The van der Waals surface area contributed by atoms with E-state index in [9.17, 15) is 35.6 Å². The lowest BCUT2D eigenvalue weighted by molar-refractivity contribution is -0.147. The van der Waals surface area contributed by atoms with E-state index in [0.717, 1.165) is 18.5 Å². The third kappa shape index (κ3) is 4.60. The Morgan fingerprint density at radius 1 is 1.20 bits per heavy atom. The molecule has 3 heterocycles. The van der Waals surface area contributed by atoms with Crippen LogP contribution in [0.15, 0.2) is 53.7 Å². The van der Waals surface area contributed by atoms with Crippen molar-refractivity contribution in [2.24, 2.45) is 0 Å². The Bertz CT molecular complexity index is 1500. The second-order valence-electron chi connectivity index (χ2n) is 7.31. The second-order valence-corrected chi connectivity index (χ2v) is 9.02. The quantitative estimate of drug-likeness (QED) is 0.476. The number of allylic oxidation sites excluding steroid dienone is 4. The zero-order valence-electron chi connectivity index (χ0n) is 17.6. The monoisotopic (exact) mass is 511 g/mol. The Balaban J connectivity index is 1.82. The summed E-state index contributed by atoms with van der Waals surface area (Å²) in [7, 11) is -4.55.